The highest BCUT2D eigenvalue weighted by Crippen LogP contribution is 2.40. The first-order valence-electron chi connectivity index (χ1n) is 10.4. The molecule has 0 atom stereocenters. The molecule has 0 saturated carbocycles. The van der Waals surface area contributed by atoms with Gasteiger partial charge in [0.05, 0.1) is 54.7 Å². The average molecular weight is 482 g/mol. The number of benzene rings is 2. The van der Waals surface area contributed by atoms with E-state index in [9.17, 15) is 18.5 Å². The molecule has 1 aliphatic heterocycles. The van der Waals surface area contributed by atoms with Crippen molar-refractivity contribution < 1.29 is 32.3 Å². The Hall–Kier alpha value is -3.25. The summed E-state index contributed by atoms with van der Waals surface area (Å²) in [5, 5.41) is 11.3. The maximum Gasteiger partial charge on any atom is 0.312 e. The summed E-state index contributed by atoms with van der Waals surface area (Å²) in [5.74, 6) is 0.762. The molecule has 0 aliphatic carbocycles. The van der Waals surface area contributed by atoms with Crippen LogP contribution in [0.5, 0.6) is 17.2 Å². The second-order valence-corrected chi connectivity index (χ2v) is 8.66. The van der Waals surface area contributed by atoms with E-state index in [0.717, 1.165) is 11.8 Å². The Balaban J connectivity index is 2.03. The molecule has 12 heteroatoms. The average Bonchev–Trinajstić information content (AvgIpc) is 2.80. The molecule has 3 rings (SSSR count). The summed E-state index contributed by atoms with van der Waals surface area (Å²) in [5.41, 5.74) is 0.477. The molecular formula is C21H27N3O8S. The molecule has 0 spiro atoms. The minimum atomic E-state index is -4.18. The lowest BCUT2D eigenvalue weighted by Crippen LogP contribution is -2.36. The number of sulfonamides is 1. The van der Waals surface area contributed by atoms with Gasteiger partial charge < -0.3 is 23.8 Å². The third-order valence-electron chi connectivity index (χ3n) is 4.91. The number of methoxy groups -OCH3 is 1. The van der Waals surface area contributed by atoms with Crippen LogP contribution in [0.2, 0.25) is 0 Å². The molecule has 1 saturated heterocycles. The second kappa shape index (κ2) is 10.6. The third-order valence-corrected chi connectivity index (χ3v) is 6.28. The van der Waals surface area contributed by atoms with Gasteiger partial charge in [-0.05, 0) is 26.0 Å². The minimum absolute atomic E-state index is 0.0394. The fourth-order valence-corrected chi connectivity index (χ4v) is 4.49. The molecule has 2 aromatic carbocycles. The van der Waals surface area contributed by atoms with Crippen molar-refractivity contribution in [2.24, 2.45) is 0 Å². The van der Waals surface area contributed by atoms with Crippen molar-refractivity contribution in [1.82, 2.24) is 0 Å². The Morgan fingerprint density at radius 2 is 1.73 bits per heavy atom. The first kappa shape index (κ1) is 24.4. The van der Waals surface area contributed by atoms with E-state index in [1.165, 1.54) is 19.2 Å². The fourth-order valence-electron chi connectivity index (χ4n) is 3.41. The van der Waals surface area contributed by atoms with Crippen molar-refractivity contribution >= 4 is 27.1 Å². The molecule has 0 amide bonds. The molecule has 33 heavy (non-hydrogen) atoms. The van der Waals surface area contributed by atoms with Gasteiger partial charge in [-0.15, -0.1) is 0 Å². The molecule has 0 unspecified atom stereocenters. The molecule has 0 bridgehead atoms. The zero-order valence-corrected chi connectivity index (χ0v) is 19.5. The molecule has 0 aromatic heterocycles. The number of nitrogens with one attached hydrogen (secondary N) is 1. The maximum absolute atomic E-state index is 13.1. The predicted octanol–water partition coefficient (Wildman–Crippen LogP) is 3.04. The standard InChI is InChI=1S/C21H27N3O8S/c1-4-31-20-14-17(23-8-10-30-11-9-23)21(32-5-2)13-16(20)22-33(27,28)15-6-7-19(29-3)18(12-15)24(25)26/h6-7,12-14,22H,4-5,8-11H2,1-3H3. The minimum Gasteiger partial charge on any atom is -0.492 e. The topological polar surface area (TPSA) is 129 Å². The molecular weight excluding hydrogens is 454 g/mol. The van der Waals surface area contributed by atoms with Crippen LogP contribution >= 0.6 is 0 Å². The molecule has 11 nitrogen and oxygen atoms in total. The van der Waals surface area contributed by atoms with Crippen molar-refractivity contribution in [1.29, 1.82) is 0 Å². The van der Waals surface area contributed by atoms with Gasteiger partial charge in [0.2, 0.25) is 0 Å². The molecule has 1 N–H and O–H groups in total. The van der Waals surface area contributed by atoms with E-state index in [1.807, 2.05) is 6.92 Å². The van der Waals surface area contributed by atoms with E-state index in [-0.39, 0.29) is 16.3 Å². The smallest absolute Gasteiger partial charge is 0.312 e. The lowest BCUT2D eigenvalue weighted by molar-refractivity contribution is -0.386. The summed E-state index contributed by atoms with van der Waals surface area (Å²) in [7, 11) is -2.91. The third kappa shape index (κ3) is 5.57. The number of nitrogens with zero attached hydrogens (tertiary/aromatic N) is 2. The zero-order valence-electron chi connectivity index (χ0n) is 18.7. The second-order valence-electron chi connectivity index (χ2n) is 6.98. The predicted molar refractivity (Wildman–Crippen MR) is 122 cm³/mol. The monoisotopic (exact) mass is 481 g/mol. The van der Waals surface area contributed by atoms with Crippen LogP contribution in [-0.4, -0.2) is 60.0 Å². The van der Waals surface area contributed by atoms with Crippen LogP contribution in [0.4, 0.5) is 17.1 Å². The maximum atomic E-state index is 13.1. The fraction of sp³-hybridized carbons (Fsp3) is 0.429. The van der Waals surface area contributed by atoms with Crippen molar-refractivity contribution in [3.05, 3.63) is 40.4 Å². The van der Waals surface area contributed by atoms with Gasteiger partial charge in [-0.2, -0.15) is 0 Å². The summed E-state index contributed by atoms with van der Waals surface area (Å²) in [6, 6.07) is 6.72. The molecule has 180 valence electrons. The Labute approximate surface area is 192 Å². The van der Waals surface area contributed by atoms with E-state index in [1.54, 1.807) is 19.1 Å². The number of nitro benzene ring substituents is 1. The lowest BCUT2D eigenvalue weighted by Gasteiger charge is -2.31. The van der Waals surface area contributed by atoms with Crippen LogP contribution < -0.4 is 23.8 Å². The highest BCUT2D eigenvalue weighted by molar-refractivity contribution is 7.92. The normalized spacial score (nSPS) is 14.0. The van der Waals surface area contributed by atoms with E-state index in [0.29, 0.717) is 51.0 Å². The number of hydrogen-bond donors (Lipinski definition) is 1. The van der Waals surface area contributed by atoms with E-state index in [2.05, 4.69) is 9.62 Å². The Morgan fingerprint density at radius 3 is 2.33 bits per heavy atom. The Morgan fingerprint density at radius 1 is 1.06 bits per heavy atom. The van der Waals surface area contributed by atoms with E-state index in [4.69, 9.17) is 18.9 Å². The van der Waals surface area contributed by atoms with Crippen LogP contribution in [0.25, 0.3) is 0 Å². The van der Waals surface area contributed by atoms with Gasteiger partial charge in [0.15, 0.2) is 5.75 Å². The highest BCUT2D eigenvalue weighted by atomic mass is 32.2. The number of ether oxygens (including phenoxy) is 4. The van der Waals surface area contributed by atoms with Gasteiger partial charge in [0.1, 0.15) is 11.5 Å². The Kier molecular flexibility index (Phi) is 7.82. The summed E-state index contributed by atoms with van der Waals surface area (Å²) in [4.78, 5) is 12.4. The highest BCUT2D eigenvalue weighted by Gasteiger charge is 2.25. The van der Waals surface area contributed by atoms with Crippen molar-refractivity contribution in [2.75, 3.05) is 56.2 Å². The van der Waals surface area contributed by atoms with Crippen LogP contribution in [0, 0.1) is 10.1 Å². The molecule has 1 fully saturated rings. The SMILES string of the molecule is CCOc1cc(N2CCOCC2)c(OCC)cc1NS(=O)(=O)c1ccc(OC)c([N+](=O)[O-])c1. The quantitative estimate of drug-likeness (QED) is 0.402. The van der Waals surface area contributed by atoms with Crippen molar-refractivity contribution in [2.45, 2.75) is 18.7 Å². The lowest BCUT2D eigenvalue weighted by atomic mass is 10.2. The van der Waals surface area contributed by atoms with Gasteiger partial charge in [0, 0.05) is 31.3 Å². The summed E-state index contributed by atoms with van der Waals surface area (Å²) < 4.78 is 50.5. The van der Waals surface area contributed by atoms with Crippen LogP contribution in [0.15, 0.2) is 35.2 Å². The molecule has 0 radical (unpaired) electrons. The van der Waals surface area contributed by atoms with E-state index >= 15 is 0 Å². The van der Waals surface area contributed by atoms with Gasteiger partial charge in [0.25, 0.3) is 10.0 Å². The van der Waals surface area contributed by atoms with Crippen molar-refractivity contribution in [3.8, 4) is 17.2 Å². The van der Waals surface area contributed by atoms with Gasteiger partial charge in [-0.25, -0.2) is 8.42 Å². The summed E-state index contributed by atoms with van der Waals surface area (Å²) in [6.07, 6.45) is 0. The first-order chi connectivity index (χ1) is 15.8. The van der Waals surface area contributed by atoms with Crippen LogP contribution in [-0.2, 0) is 14.8 Å². The van der Waals surface area contributed by atoms with Crippen LogP contribution in [0.3, 0.4) is 0 Å². The summed E-state index contributed by atoms with van der Waals surface area (Å²) in [6.45, 7) is 6.76. The van der Waals surface area contributed by atoms with E-state index < -0.39 is 20.6 Å². The molecule has 2 aromatic rings. The number of rotatable bonds is 10. The largest absolute Gasteiger partial charge is 0.492 e. The zero-order chi connectivity index (χ0) is 24.0. The van der Waals surface area contributed by atoms with Crippen LogP contribution in [0.1, 0.15) is 13.8 Å². The first-order valence-corrected chi connectivity index (χ1v) is 11.9. The van der Waals surface area contributed by atoms with Gasteiger partial charge in [-0.1, -0.05) is 0 Å². The molecule has 1 aliphatic rings. The number of morpholine rings is 1. The number of hydrogen-bond acceptors (Lipinski definition) is 9. The summed E-state index contributed by atoms with van der Waals surface area (Å²) >= 11 is 0. The van der Waals surface area contributed by atoms with Gasteiger partial charge in [-0.3, -0.25) is 14.8 Å². The van der Waals surface area contributed by atoms with Gasteiger partial charge >= 0.3 is 5.69 Å². The number of nitro groups is 1. The number of anilines is 2. The van der Waals surface area contributed by atoms with Crippen molar-refractivity contribution in [3.63, 3.8) is 0 Å². The molecule has 1 heterocycles. The Bertz CT molecular complexity index is 1100.